The highest BCUT2D eigenvalue weighted by Crippen LogP contribution is 2.19. The third kappa shape index (κ3) is 5.96. The van der Waals surface area contributed by atoms with Crippen LogP contribution in [0.15, 0.2) is 78.9 Å². The lowest BCUT2D eigenvalue weighted by Crippen LogP contribution is -2.28. The van der Waals surface area contributed by atoms with Gasteiger partial charge in [0.05, 0.1) is 0 Å². The molecule has 0 aliphatic rings. The average molecular weight is 374 g/mol. The molecule has 0 radical (unpaired) electrons. The number of nitrogens with one attached hydrogen (secondary N) is 2. The lowest BCUT2D eigenvalue weighted by atomic mass is 10.0. The highest BCUT2D eigenvalue weighted by atomic mass is 16.2. The maximum atomic E-state index is 12.4. The summed E-state index contributed by atoms with van der Waals surface area (Å²) < 4.78 is 0. The first-order chi connectivity index (χ1) is 13.6. The number of nitrogens with zero attached hydrogens (tertiary/aromatic N) is 1. The number of urea groups is 1. The summed E-state index contributed by atoms with van der Waals surface area (Å²) in [6.07, 6.45) is 0.782. The third-order valence-corrected chi connectivity index (χ3v) is 4.48. The van der Waals surface area contributed by atoms with Crippen LogP contribution in [0.3, 0.4) is 0 Å². The molecule has 0 bridgehead atoms. The first kappa shape index (κ1) is 19.6. The van der Waals surface area contributed by atoms with Gasteiger partial charge >= 0.3 is 6.03 Å². The summed E-state index contributed by atoms with van der Waals surface area (Å²) in [5, 5.41) is 5.92. The third-order valence-electron chi connectivity index (χ3n) is 4.48. The van der Waals surface area contributed by atoms with Crippen molar-refractivity contribution in [3.8, 4) is 0 Å². The van der Waals surface area contributed by atoms with Crippen molar-refractivity contribution in [3.63, 3.8) is 0 Å². The van der Waals surface area contributed by atoms with E-state index in [2.05, 4.69) is 66.0 Å². The smallest absolute Gasteiger partial charge is 0.319 e. The average Bonchev–Trinajstić information content (AvgIpc) is 2.69. The standard InChI is InChI=1S/C24H27N3O/c1-27(2)18-21-14-12-20(13-15-21)17-25-24(28)26-23-11-7-6-10-22(23)16-19-8-4-3-5-9-19/h3-15H,16-18H2,1-2H3,(H2,25,26,28). The van der Waals surface area contributed by atoms with Crippen LogP contribution >= 0.6 is 0 Å². The van der Waals surface area contributed by atoms with Crippen molar-refractivity contribution in [2.24, 2.45) is 0 Å². The van der Waals surface area contributed by atoms with E-state index >= 15 is 0 Å². The van der Waals surface area contributed by atoms with Gasteiger partial charge in [0, 0.05) is 18.8 Å². The van der Waals surface area contributed by atoms with Gasteiger partial charge in [0.1, 0.15) is 0 Å². The second-order valence-electron chi connectivity index (χ2n) is 7.18. The van der Waals surface area contributed by atoms with Gasteiger partial charge in [-0.1, -0.05) is 72.8 Å². The fraction of sp³-hybridized carbons (Fsp3) is 0.208. The van der Waals surface area contributed by atoms with E-state index in [1.54, 1.807) is 0 Å². The Morgan fingerprint density at radius 3 is 2.14 bits per heavy atom. The summed E-state index contributed by atoms with van der Waals surface area (Å²) in [6.45, 7) is 1.40. The molecule has 0 unspecified atom stereocenters. The Bertz CT molecular complexity index is 889. The SMILES string of the molecule is CN(C)Cc1ccc(CNC(=O)Nc2ccccc2Cc2ccccc2)cc1. The van der Waals surface area contributed by atoms with E-state index in [0.717, 1.165) is 29.8 Å². The normalized spacial score (nSPS) is 10.7. The molecule has 0 aliphatic carbocycles. The molecule has 28 heavy (non-hydrogen) atoms. The van der Waals surface area contributed by atoms with Crippen molar-refractivity contribution in [3.05, 3.63) is 101 Å². The van der Waals surface area contributed by atoms with Crippen molar-refractivity contribution in [2.75, 3.05) is 19.4 Å². The van der Waals surface area contributed by atoms with Crippen molar-refractivity contribution < 1.29 is 4.79 Å². The molecule has 0 aliphatic heterocycles. The number of hydrogen-bond donors (Lipinski definition) is 2. The number of para-hydroxylation sites is 1. The molecular weight excluding hydrogens is 346 g/mol. The Morgan fingerprint density at radius 2 is 1.43 bits per heavy atom. The molecule has 2 N–H and O–H groups in total. The summed E-state index contributed by atoms with van der Waals surface area (Å²) in [6, 6.07) is 26.3. The number of benzene rings is 3. The molecule has 0 heterocycles. The Hall–Kier alpha value is -3.11. The van der Waals surface area contributed by atoms with Gasteiger partial charge in [0.15, 0.2) is 0 Å². The maximum Gasteiger partial charge on any atom is 0.319 e. The molecule has 3 aromatic carbocycles. The highest BCUT2D eigenvalue weighted by Gasteiger charge is 2.07. The zero-order chi connectivity index (χ0) is 19.8. The van der Waals surface area contributed by atoms with E-state index in [-0.39, 0.29) is 6.03 Å². The van der Waals surface area contributed by atoms with Crippen LogP contribution in [-0.2, 0) is 19.5 Å². The molecule has 4 nitrogen and oxygen atoms in total. The van der Waals surface area contributed by atoms with Crippen LogP contribution in [0, 0.1) is 0 Å². The number of rotatable bonds is 7. The zero-order valence-electron chi connectivity index (χ0n) is 16.5. The van der Waals surface area contributed by atoms with Crippen LogP contribution in [-0.4, -0.2) is 25.0 Å². The fourth-order valence-electron chi connectivity index (χ4n) is 3.09. The number of anilines is 1. The van der Waals surface area contributed by atoms with Crippen LogP contribution in [0.5, 0.6) is 0 Å². The minimum absolute atomic E-state index is 0.196. The Kier molecular flexibility index (Phi) is 6.82. The zero-order valence-corrected chi connectivity index (χ0v) is 16.5. The molecule has 3 aromatic rings. The van der Waals surface area contributed by atoms with E-state index in [4.69, 9.17) is 0 Å². The molecule has 3 rings (SSSR count). The van der Waals surface area contributed by atoms with Gasteiger partial charge < -0.3 is 15.5 Å². The van der Waals surface area contributed by atoms with Gasteiger partial charge in [-0.05, 0) is 48.8 Å². The number of carbonyl (C=O) groups excluding carboxylic acids is 1. The van der Waals surface area contributed by atoms with Gasteiger partial charge in [-0.25, -0.2) is 4.79 Å². The van der Waals surface area contributed by atoms with E-state index in [1.165, 1.54) is 11.1 Å². The van der Waals surface area contributed by atoms with Crippen molar-refractivity contribution in [1.29, 1.82) is 0 Å². The van der Waals surface area contributed by atoms with Gasteiger partial charge in [-0.2, -0.15) is 0 Å². The Morgan fingerprint density at radius 1 is 0.786 bits per heavy atom. The Balaban J connectivity index is 1.56. The van der Waals surface area contributed by atoms with E-state index in [1.807, 2.05) is 42.5 Å². The molecular formula is C24H27N3O. The molecule has 0 saturated carbocycles. The fourth-order valence-corrected chi connectivity index (χ4v) is 3.09. The number of hydrogen-bond acceptors (Lipinski definition) is 2. The van der Waals surface area contributed by atoms with E-state index in [0.29, 0.717) is 6.54 Å². The van der Waals surface area contributed by atoms with Gasteiger partial charge in [-0.3, -0.25) is 0 Å². The van der Waals surface area contributed by atoms with E-state index in [9.17, 15) is 4.79 Å². The predicted molar refractivity (Wildman–Crippen MR) is 115 cm³/mol. The topological polar surface area (TPSA) is 44.4 Å². The van der Waals surface area contributed by atoms with Crippen molar-refractivity contribution in [1.82, 2.24) is 10.2 Å². The van der Waals surface area contributed by atoms with Gasteiger partial charge in [0.25, 0.3) is 0 Å². The van der Waals surface area contributed by atoms with Crippen LogP contribution in [0.4, 0.5) is 10.5 Å². The molecule has 0 fully saturated rings. The molecule has 0 aromatic heterocycles. The summed E-state index contributed by atoms with van der Waals surface area (Å²) in [5.41, 5.74) is 5.49. The minimum atomic E-state index is -0.196. The largest absolute Gasteiger partial charge is 0.334 e. The van der Waals surface area contributed by atoms with Gasteiger partial charge in [-0.15, -0.1) is 0 Å². The Labute approximate surface area is 167 Å². The van der Waals surface area contributed by atoms with Crippen LogP contribution in [0.25, 0.3) is 0 Å². The van der Waals surface area contributed by atoms with Crippen molar-refractivity contribution >= 4 is 11.7 Å². The molecule has 0 saturated heterocycles. The van der Waals surface area contributed by atoms with Gasteiger partial charge in [0.2, 0.25) is 0 Å². The number of amides is 2. The molecule has 0 spiro atoms. The highest BCUT2D eigenvalue weighted by molar-refractivity contribution is 5.90. The van der Waals surface area contributed by atoms with Crippen LogP contribution in [0.1, 0.15) is 22.3 Å². The molecule has 4 heteroatoms. The monoisotopic (exact) mass is 373 g/mol. The molecule has 0 atom stereocenters. The second-order valence-corrected chi connectivity index (χ2v) is 7.18. The second kappa shape index (κ2) is 9.72. The molecule has 2 amide bonds. The summed E-state index contributed by atoms with van der Waals surface area (Å²) >= 11 is 0. The maximum absolute atomic E-state index is 12.4. The molecule has 144 valence electrons. The first-order valence-corrected chi connectivity index (χ1v) is 9.49. The van der Waals surface area contributed by atoms with Crippen LogP contribution < -0.4 is 10.6 Å². The van der Waals surface area contributed by atoms with Crippen molar-refractivity contribution in [2.45, 2.75) is 19.5 Å². The van der Waals surface area contributed by atoms with Crippen LogP contribution in [0.2, 0.25) is 0 Å². The first-order valence-electron chi connectivity index (χ1n) is 9.49. The lowest BCUT2D eigenvalue weighted by Gasteiger charge is -2.13. The summed E-state index contributed by atoms with van der Waals surface area (Å²) in [4.78, 5) is 14.5. The summed E-state index contributed by atoms with van der Waals surface area (Å²) in [7, 11) is 4.10. The summed E-state index contributed by atoms with van der Waals surface area (Å²) in [5.74, 6) is 0. The predicted octanol–water partition coefficient (Wildman–Crippen LogP) is 4.66. The lowest BCUT2D eigenvalue weighted by molar-refractivity contribution is 0.251. The quantitative estimate of drug-likeness (QED) is 0.633. The number of carbonyl (C=O) groups is 1. The minimum Gasteiger partial charge on any atom is -0.334 e. The van der Waals surface area contributed by atoms with E-state index < -0.39 is 0 Å².